The Morgan fingerprint density at radius 1 is 1.24 bits per heavy atom. The van der Waals surface area contributed by atoms with Crippen molar-refractivity contribution in [1.29, 1.82) is 0 Å². The zero-order chi connectivity index (χ0) is 17.4. The highest BCUT2D eigenvalue weighted by molar-refractivity contribution is 5.87. The average molecular weight is 341 g/mol. The van der Waals surface area contributed by atoms with E-state index in [1.54, 1.807) is 24.2 Å². The topological polar surface area (TPSA) is 82.2 Å². The van der Waals surface area contributed by atoms with Crippen LogP contribution in [-0.4, -0.2) is 62.2 Å². The molecule has 0 spiro atoms. The van der Waals surface area contributed by atoms with E-state index in [2.05, 4.69) is 15.0 Å². The fraction of sp³-hybridized carbons (Fsp3) is 0.556. The maximum Gasteiger partial charge on any atom is 0.245 e. The predicted octanol–water partition coefficient (Wildman–Crippen LogP) is 1.67. The van der Waals surface area contributed by atoms with Gasteiger partial charge in [0.05, 0.1) is 17.2 Å². The van der Waals surface area contributed by atoms with Gasteiger partial charge in [0.2, 0.25) is 11.8 Å². The number of aromatic nitrogens is 3. The van der Waals surface area contributed by atoms with Crippen molar-refractivity contribution in [3.05, 3.63) is 24.3 Å². The van der Waals surface area contributed by atoms with Crippen molar-refractivity contribution < 1.29 is 9.59 Å². The molecule has 132 valence electrons. The molecule has 2 aromatic heterocycles. The molecule has 4 heterocycles. The van der Waals surface area contributed by atoms with Crippen LogP contribution in [0.25, 0.3) is 11.0 Å². The van der Waals surface area contributed by atoms with Crippen LogP contribution in [0.4, 0.5) is 0 Å². The summed E-state index contributed by atoms with van der Waals surface area (Å²) in [6, 6.07) is 1.61. The molecule has 4 rings (SSSR count). The van der Waals surface area contributed by atoms with Gasteiger partial charge in [0.1, 0.15) is 11.9 Å². The second-order valence-electron chi connectivity index (χ2n) is 7.01. The van der Waals surface area contributed by atoms with Crippen molar-refractivity contribution >= 4 is 22.8 Å². The van der Waals surface area contributed by atoms with E-state index in [-0.39, 0.29) is 23.8 Å². The number of nitrogens with zero attached hydrogens (tertiary/aromatic N) is 4. The number of nitrogens with one attached hydrogen (secondary N) is 1. The van der Waals surface area contributed by atoms with E-state index in [0.717, 1.165) is 49.1 Å². The standard InChI is InChI=1S/C18H23N5O2/c1-12(24)23-9-3-5-16(23)18(25)22-8-2-4-13(11-22)17-20-14-6-7-19-10-15(14)21-17/h6-7,10,13,16H,2-5,8-9,11H2,1H3,(H,20,21)/t13?,16-/m1/s1. The monoisotopic (exact) mass is 341 g/mol. The molecule has 7 heteroatoms. The second-order valence-corrected chi connectivity index (χ2v) is 7.01. The Bertz CT molecular complexity index is 769. The van der Waals surface area contributed by atoms with Crippen molar-refractivity contribution in [1.82, 2.24) is 24.8 Å². The normalized spacial score (nSPS) is 24.0. The number of piperidine rings is 1. The van der Waals surface area contributed by atoms with E-state index in [4.69, 9.17) is 0 Å². The first-order valence-electron chi connectivity index (χ1n) is 8.99. The second kappa shape index (κ2) is 6.46. The largest absolute Gasteiger partial charge is 0.340 e. The summed E-state index contributed by atoms with van der Waals surface area (Å²) in [6.45, 7) is 3.67. The third-order valence-electron chi connectivity index (χ3n) is 5.36. The maximum atomic E-state index is 13.0. The van der Waals surface area contributed by atoms with Gasteiger partial charge in [0, 0.05) is 38.7 Å². The molecule has 2 saturated heterocycles. The maximum absolute atomic E-state index is 13.0. The fourth-order valence-electron chi connectivity index (χ4n) is 4.08. The summed E-state index contributed by atoms with van der Waals surface area (Å²) in [5.74, 6) is 1.22. The number of carbonyl (C=O) groups excluding carboxylic acids is 2. The number of hydrogen-bond donors (Lipinski definition) is 1. The highest BCUT2D eigenvalue weighted by Crippen LogP contribution is 2.28. The van der Waals surface area contributed by atoms with Gasteiger partial charge in [-0.2, -0.15) is 0 Å². The Kier molecular flexibility index (Phi) is 4.15. The Morgan fingerprint density at radius 3 is 2.88 bits per heavy atom. The molecule has 2 aliphatic heterocycles. The summed E-state index contributed by atoms with van der Waals surface area (Å²) < 4.78 is 0. The van der Waals surface area contributed by atoms with Crippen LogP contribution in [0.15, 0.2) is 18.5 Å². The number of hydrogen-bond acceptors (Lipinski definition) is 4. The number of H-pyrrole nitrogens is 1. The predicted molar refractivity (Wildman–Crippen MR) is 92.9 cm³/mol. The molecule has 0 aliphatic carbocycles. The van der Waals surface area contributed by atoms with Gasteiger partial charge in [0.15, 0.2) is 0 Å². The lowest BCUT2D eigenvalue weighted by molar-refractivity contribution is -0.143. The smallest absolute Gasteiger partial charge is 0.245 e. The summed E-state index contributed by atoms with van der Waals surface area (Å²) in [5, 5.41) is 0. The van der Waals surface area contributed by atoms with E-state index < -0.39 is 0 Å². The van der Waals surface area contributed by atoms with Gasteiger partial charge in [0.25, 0.3) is 0 Å². The molecule has 2 aromatic rings. The van der Waals surface area contributed by atoms with Crippen molar-refractivity contribution in [2.75, 3.05) is 19.6 Å². The van der Waals surface area contributed by atoms with Crippen molar-refractivity contribution in [3.8, 4) is 0 Å². The van der Waals surface area contributed by atoms with Crippen LogP contribution in [0.2, 0.25) is 0 Å². The Balaban J connectivity index is 1.50. The minimum atomic E-state index is -0.281. The van der Waals surface area contributed by atoms with Crippen LogP contribution in [0.5, 0.6) is 0 Å². The highest BCUT2D eigenvalue weighted by Gasteiger charge is 2.37. The number of imidazole rings is 1. The molecule has 0 aromatic carbocycles. The Labute approximate surface area is 146 Å². The van der Waals surface area contributed by atoms with E-state index in [0.29, 0.717) is 13.1 Å². The lowest BCUT2D eigenvalue weighted by Crippen LogP contribution is -2.49. The van der Waals surface area contributed by atoms with Gasteiger partial charge < -0.3 is 14.8 Å². The first kappa shape index (κ1) is 16.1. The van der Waals surface area contributed by atoms with Crippen molar-refractivity contribution in [2.45, 2.75) is 44.6 Å². The number of rotatable bonds is 2. The molecule has 2 amide bonds. The molecule has 2 fully saturated rings. The SMILES string of the molecule is CC(=O)N1CCC[C@@H]1C(=O)N1CCCC(c2nc3ccncc3[nH]2)C1. The summed E-state index contributed by atoms with van der Waals surface area (Å²) in [6.07, 6.45) is 7.16. The van der Waals surface area contributed by atoms with Crippen LogP contribution in [0.3, 0.4) is 0 Å². The zero-order valence-electron chi connectivity index (χ0n) is 14.4. The molecule has 7 nitrogen and oxygen atoms in total. The first-order chi connectivity index (χ1) is 12.1. The first-order valence-corrected chi connectivity index (χ1v) is 8.99. The highest BCUT2D eigenvalue weighted by atomic mass is 16.2. The summed E-state index contributed by atoms with van der Waals surface area (Å²) in [5.41, 5.74) is 1.84. The van der Waals surface area contributed by atoms with E-state index in [1.165, 1.54) is 0 Å². The number of fused-ring (bicyclic) bond motifs is 1. The lowest BCUT2D eigenvalue weighted by Gasteiger charge is -2.35. The van der Waals surface area contributed by atoms with Crippen LogP contribution < -0.4 is 0 Å². The van der Waals surface area contributed by atoms with Gasteiger partial charge >= 0.3 is 0 Å². The Hall–Kier alpha value is -2.44. The molecule has 25 heavy (non-hydrogen) atoms. The third kappa shape index (κ3) is 2.99. The number of carbonyl (C=O) groups is 2. The number of pyridine rings is 1. The molecule has 0 radical (unpaired) electrons. The minimum absolute atomic E-state index is 0.00538. The van der Waals surface area contributed by atoms with Crippen LogP contribution in [0, 0.1) is 0 Å². The number of amides is 2. The van der Waals surface area contributed by atoms with Crippen molar-refractivity contribution in [3.63, 3.8) is 0 Å². The lowest BCUT2D eigenvalue weighted by atomic mass is 9.96. The van der Waals surface area contributed by atoms with Gasteiger partial charge in [-0.15, -0.1) is 0 Å². The molecular formula is C18H23N5O2. The van der Waals surface area contributed by atoms with Gasteiger partial charge in [-0.25, -0.2) is 4.98 Å². The molecule has 1 unspecified atom stereocenters. The summed E-state index contributed by atoms with van der Waals surface area (Å²) in [7, 11) is 0. The third-order valence-corrected chi connectivity index (χ3v) is 5.36. The molecule has 1 N–H and O–H groups in total. The molecule has 2 aliphatic rings. The molecular weight excluding hydrogens is 318 g/mol. The van der Waals surface area contributed by atoms with Crippen molar-refractivity contribution in [2.24, 2.45) is 0 Å². The van der Waals surface area contributed by atoms with E-state index in [9.17, 15) is 9.59 Å². The molecule has 2 atom stereocenters. The zero-order valence-corrected chi connectivity index (χ0v) is 14.4. The van der Waals surface area contributed by atoms with Crippen LogP contribution in [-0.2, 0) is 9.59 Å². The minimum Gasteiger partial charge on any atom is -0.340 e. The molecule has 0 bridgehead atoms. The fourth-order valence-corrected chi connectivity index (χ4v) is 4.08. The van der Waals surface area contributed by atoms with E-state index >= 15 is 0 Å². The summed E-state index contributed by atoms with van der Waals surface area (Å²) >= 11 is 0. The van der Waals surface area contributed by atoms with Gasteiger partial charge in [-0.3, -0.25) is 14.6 Å². The van der Waals surface area contributed by atoms with Crippen LogP contribution in [0.1, 0.15) is 44.3 Å². The van der Waals surface area contributed by atoms with Crippen LogP contribution >= 0.6 is 0 Å². The molecule has 0 saturated carbocycles. The van der Waals surface area contributed by atoms with Gasteiger partial charge in [-0.1, -0.05) is 0 Å². The average Bonchev–Trinajstić information content (AvgIpc) is 3.28. The quantitative estimate of drug-likeness (QED) is 0.901. The Morgan fingerprint density at radius 2 is 2.08 bits per heavy atom. The van der Waals surface area contributed by atoms with Gasteiger partial charge in [-0.05, 0) is 31.7 Å². The number of aromatic amines is 1. The summed E-state index contributed by atoms with van der Waals surface area (Å²) in [4.78, 5) is 40.5. The van der Waals surface area contributed by atoms with E-state index in [1.807, 2.05) is 11.0 Å². The number of likely N-dealkylation sites (tertiary alicyclic amines) is 2.